The number of hydrogen-bond acceptors (Lipinski definition) is 3. The highest BCUT2D eigenvalue weighted by molar-refractivity contribution is 7.99. The van der Waals surface area contributed by atoms with Gasteiger partial charge in [0.25, 0.3) is 0 Å². The molecule has 0 aliphatic heterocycles. The van der Waals surface area contributed by atoms with Crippen molar-refractivity contribution in [3.63, 3.8) is 0 Å². The zero-order valence-corrected chi connectivity index (χ0v) is 8.60. The molecule has 2 nitrogen and oxygen atoms in total. The normalized spacial score (nSPS) is 10.2. The molecule has 1 aromatic carbocycles. The van der Waals surface area contributed by atoms with E-state index in [1.165, 1.54) is 24.8 Å². The van der Waals surface area contributed by atoms with E-state index < -0.39 is 5.82 Å². The van der Waals surface area contributed by atoms with Gasteiger partial charge in [-0.15, -0.1) is 11.8 Å². The Morgan fingerprint density at radius 2 is 2.29 bits per heavy atom. The van der Waals surface area contributed by atoms with E-state index in [0.29, 0.717) is 10.6 Å². The molecular formula is C10H11FO2S. The van der Waals surface area contributed by atoms with Crippen molar-refractivity contribution in [2.24, 2.45) is 0 Å². The molecule has 0 saturated carbocycles. The van der Waals surface area contributed by atoms with Gasteiger partial charge in [0, 0.05) is 10.6 Å². The standard InChI is InChI=1S/C10H11FO2S/c1-7(13)10-8(11)3-2-4-9(10)14-6-5-12/h2-4,12H,5-6H2,1H3. The van der Waals surface area contributed by atoms with Crippen LogP contribution in [0.1, 0.15) is 17.3 Å². The van der Waals surface area contributed by atoms with Gasteiger partial charge in [-0.25, -0.2) is 4.39 Å². The molecule has 76 valence electrons. The Bertz CT molecular complexity index is 339. The van der Waals surface area contributed by atoms with Crippen molar-refractivity contribution in [2.45, 2.75) is 11.8 Å². The van der Waals surface area contributed by atoms with Crippen molar-refractivity contribution in [2.75, 3.05) is 12.4 Å². The molecule has 0 aromatic heterocycles. The first kappa shape index (κ1) is 11.2. The molecular weight excluding hydrogens is 203 g/mol. The number of carbonyl (C=O) groups excluding carboxylic acids is 1. The Balaban J connectivity index is 3.02. The third kappa shape index (κ3) is 2.56. The Kier molecular flexibility index (Phi) is 4.10. The van der Waals surface area contributed by atoms with E-state index in [9.17, 15) is 9.18 Å². The number of halogens is 1. The van der Waals surface area contributed by atoms with Crippen LogP contribution in [0.5, 0.6) is 0 Å². The van der Waals surface area contributed by atoms with Gasteiger partial charge in [0.15, 0.2) is 5.78 Å². The third-order valence-corrected chi connectivity index (χ3v) is 2.71. The van der Waals surface area contributed by atoms with Crippen LogP contribution in [0, 0.1) is 5.82 Å². The van der Waals surface area contributed by atoms with Crippen LogP contribution >= 0.6 is 11.8 Å². The van der Waals surface area contributed by atoms with Crippen LogP contribution in [0.25, 0.3) is 0 Å². The smallest absolute Gasteiger partial charge is 0.163 e. The molecule has 0 heterocycles. The summed E-state index contributed by atoms with van der Waals surface area (Å²) in [5, 5.41) is 8.63. The number of hydrogen-bond donors (Lipinski definition) is 1. The van der Waals surface area contributed by atoms with Gasteiger partial charge in [0.05, 0.1) is 12.2 Å². The van der Waals surface area contributed by atoms with Crippen LogP contribution in [-0.2, 0) is 0 Å². The van der Waals surface area contributed by atoms with E-state index in [1.807, 2.05) is 0 Å². The van der Waals surface area contributed by atoms with E-state index in [1.54, 1.807) is 12.1 Å². The Labute approximate surface area is 86.1 Å². The van der Waals surface area contributed by atoms with Crippen molar-refractivity contribution < 1.29 is 14.3 Å². The van der Waals surface area contributed by atoms with E-state index in [0.717, 1.165) is 0 Å². The zero-order valence-electron chi connectivity index (χ0n) is 7.79. The van der Waals surface area contributed by atoms with Gasteiger partial charge in [-0.2, -0.15) is 0 Å². The Morgan fingerprint density at radius 1 is 1.57 bits per heavy atom. The average Bonchev–Trinajstić information content (AvgIpc) is 2.14. The summed E-state index contributed by atoms with van der Waals surface area (Å²) in [5.41, 5.74) is 0.117. The van der Waals surface area contributed by atoms with Gasteiger partial charge in [0.1, 0.15) is 5.82 Å². The van der Waals surface area contributed by atoms with Crippen LogP contribution in [0.3, 0.4) is 0 Å². The molecule has 14 heavy (non-hydrogen) atoms. The number of thioether (sulfide) groups is 1. The maximum Gasteiger partial charge on any atom is 0.163 e. The van der Waals surface area contributed by atoms with Crippen LogP contribution in [0.2, 0.25) is 0 Å². The molecule has 1 N–H and O–H groups in total. The van der Waals surface area contributed by atoms with E-state index in [-0.39, 0.29) is 18.0 Å². The summed E-state index contributed by atoms with van der Waals surface area (Å²) in [7, 11) is 0. The summed E-state index contributed by atoms with van der Waals surface area (Å²) in [4.78, 5) is 11.7. The highest BCUT2D eigenvalue weighted by atomic mass is 32.2. The number of rotatable bonds is 4. The van der Waals surface area contributed by atoms with Crippen LogP contribution in [0.4, 0.5) is 4.39 Å². The molecule has 0 amide bonds. The largest absolute Gasteiger partial charge is 0.396 e. The van der Waals surface area contributed by atoms with Crippen molar-refractivity contribution in [1.82, 2.24) is 0 Å². The first-order chi connectivity index (χ1) is 6.66. The van der Waals surface area contributed by atoms with Gasteiger partial charge < -0.3 is 5.11 Å². The lowest BCUT2D eigenvalue weighted by Crippen LogP contribution is -2.00. The molecule has 0 bridgehead atoms. The average molecular weight is 214 g/mol. The fourth-order valence-corrected chi connectivity index (χ4v) is 1.99. The lowest BCUT2D eigenvalue weighted by Gasteiger charge is -2.06. The summed E-state index contributed by atoms with van der Waals surface area (Å²) in [5.74, 6) is -0.326. The number of Topliss-reactive ketones (excluding diaryl/α,β-unsaturated/α-hetero) is 1. The number of ketones is 1. The minimum Gasteiger partial charge on any atom is -0.396 e. The van der Waals surface area contributed by atoms with Crippen molar-refractivity contribution in [3.05, 3.63) is 29.6 Å². The molecule has 0 aliphatic rings. The molecule has 0 aliphatic carbocycles. The van der Waals surface area contributed by atoms with E-state index >= 15 is 0 Å². The Hall–Kier alpha value is -0.870. The predicted octanol–water partition coefficient (Wildman–Crippen LogP) is 2.11. The highest BCUT2D eigenvalue weighted by Gasteiger charge is 2.12. The first-order valence-corrected chi connectivity index (χ1v) is 5.18. The van der Waals surface area contributed by atoms with E-state index in [2.05, 4.69) is 0 Å². The molecule has 0 unspecified atom stereocenters. The predicted molar refractivity (Wildman–Crippen MR) is 54.2 cm³/mol. The van der Waals surface area contributed by atoms with Crippen LogP contribution in [0.15, 0.2) is 23.1 Å². The van der Waals surface area contributed by atoms with E-state index in [4.69, 9.17) is 5.11 Å². The summed E-state index contributed by atoms with van der Waals surface area (Å²) in [6, 6.07) is 4.50. The van der Waals surface area contributed by atoms with Crippen molar-refractivity contribution >= 4 is 17.5 Å². The highest BCUT2D eigenvalue weighted by Crippen LogP contribution is 2.24. The lowest BCUT2D eigenvalue weighted by atomic mass is 10.1. The second-order valence-corrected chi connectivity index (χ2v) is 3.88. The molecule has 0 atom stereocenters. The first-order valence-electron chi connectivity index (χ1n) is 4.20. The monoisotopic (exact) mass is 214 g/mol. The minimum absolute atomic E-state index is 0.0124. The zero-order chi connectivity index (χ0) is 10.6. The summed E-state index contributed by atoms with van der Waals surface area (Å²) >= 11 is 1.28. The summed E-state index contributed by atoms with van der Waals surface area (Å²) in [6.45, 7) is 1.35. The summed E-state index contributed by atoms with van der Waals surface area (Å²) in [6.07, 6.45) is 0. The maximum atomic E-state index is 13.2. The summed E-state index contributed by atoms with van der Waals surface area (Å²) < 4.78 is 13.2. The quantitative estimate of drug-likeness (QED) is 0.616. The molecule has 0 saturated heterocycles. The van der Waals surface area contributed by atoms with Crippen molar-refractivity contribution in [1.29, 1.82) is 0 Å². The molecule has 1 rings (SSSR count). The number of benzene rings is 1. The van der Waals surface area contributed by atoms with Gasteiger partial charge in [-0.1, -0.05) is 6.07 Å². The van der Waals surface area contributed by atoms with Crippen LogP contribution in [-0.4, -0.2) is 23.2 Å². The maximum absolute atomic E-state index is 13.2. The molecule has 1 aromatic rings. The number of carbonyl (C=O) groups is 1. The minimum atomic E-state index is -0.500. The molecule has 0 spiro atoms. The fourth-order valence-electron chi connectivity index (χ4n) is 1.12. The second-order valence-electron chi connectivity index (χ2n) is 2.74. The lowest BCUT2D eigenvalue weighted by molar-refractivity contribution is 0.101. The van der Waals surface area contributed by atoms with Crippen LogP contribution < -0.4 is 0 Å². The molecule has 4 heteroatoms. The Morgan fingerprint density at radius 3 is 2.86 bits per heavy atom. The SMILES string of the molecule is CC(=O)c1c(F)cccc1SCCO. The number of aliphatic hydroxyl groups excluding tert-OH is 1. The topological polar surface area (TPSA) is 37.3 Å². The second kappa shape index (κ2) is 5.12. The van der Waals surface area contributed by atoms with Gasteiger partial charge in [-0.05, 0) is 19.1 Å². The van der Waals surface area contributed by atoms with Gasteiger partial charge >= 0.3 is 0 Å². The third-order valence-electron chi connectivity index (χ3n) is 1.68. The fraction of sp³-hybridized carbons (Fsp3) is 0.300. The van der Waals surface area contributed by atoms with Gasteiger partial charge in [0.2, 0.25) is 0 Å². The number of aliphatic hydroxyl groups is 1. The molecule has 0 radical (unpaired) electrons. The van der Waals surface area contributed by atoms with Crippen molar-refractivity contribution in [3.8, 4) is 0 Å². The van der Waals surface area contributed by atoms with Gasteiger partial charge in [-0.3, -0.25) is 4.79 Å². The molecule has 0 fully saturated rings.